The van der Waals surface area contributed by atoms with Crippen molar-refractivity contribution in [2.24, 2.45) is 0 Å². The van der Waals surface area contributed by atoms with Crippen LogP contribution in [-0.4, -0.2) is 24.1 Å². The van der Waals surface area contributed by atoms with E-state index in [2.05, 4.69) is 0 Å². The number of nitrogens with zero attached hydrogens (tertiary/aromatic N) is 1. The van der Waals surface area contributed by atoms with E-state index in [1.807, 2.05) is 0 Å². The predicted molar refractivity (Wildman–Crippen MR) is 94.7 cm³/mol. The van der Waals surface area contributed by atoms with Gasteiger partial charge in [0.15, 0.2) is 0 Å². The van der Waals surface area contributed by atoms with Crippen LogP contribution in [0.15, 0.2) is 65.4 Å². The fraction of sp³-hybridized carbons (Fsp3) is 0.100. The molecular formula is C20H16FNO4. The average Bonchev–Trinajstić information content (AvgIpc) is 2.87. The lowest BCUT2D eigenvalue weighted by atomic mass is 10.0. The Kier molecular flexibility index (Phi) is 4.58. The van der Waals surface area contributed by atoms with E-state index in [1.54, 1.807) is 25.1 Å². The fourth-order valence-corrected chi connectivity index (χ4v) is 2.85. The first-order chi connectivity index (χ1) is 12.4. The molecule has 3 rings (SSSR count). The molecule has 5 nitrogen and oxygen atoms in total. The molecule has 0 saturated heterocycles. The molecule has 1 heterocycles. The van der Waals surface area contributed by atoms with Crippen molar-refractivity contribution in [1.29, 1.82) is 0 Å². The van der Waals surface area contributed by atoms with Crippen LogP contribution in [-0.2, 0) is 14.3 Å². The Labute approximate surface area is 149 Å². The minimum Gasteiger partial charge on any atom is -0.507 e. The van der Waals surface area contributed by atoms with Crippen LogP contribution in [0.2, 0.25) is 0 Å². The number of allylic oxidation sites excluding steroid dienone is 1. The first kappa shape index (κ1) is 17.4. The smallest absolute Gasteiger partial charge is 0.340 e. The molecule has 0 saturated carbocycles. The molecule has 2 aromatic carbocycles. The molecule has 2 aromatic rings. The van der Waals surface area contributed by atoms with Gasteiger partial charge < -0.3 is 9.84 Å². The van der Waals surface area contributed by atoms with Gasteiger partial charge in [0.1, 0.15) is 11.6 Å². The number of hydrogen-bond acceptors (Lipinski definition) is 4. The van der Waals surface area contributed by atoms with Gasteiger partial charge >= 0.3 is 5.97 Å². The number of carbonyl (C=O) groups is 2. The normalized spacial score (nSPS) is 15.7. The Hall–Kier alpha value is -3.41. The third-order valence-corrected chi connectivity index (χ3v) is 4.11. The number of aromatic hydroxyl groups is 1. The van der Waals surface area contributed by atoms with Crippen molar-refractivity contribution < 1.29 is 23.8 Å². The number of ether oxygens (including phenoxy) is 1. The summed E-state index contributed by atoms with van der Waals surface area (Å²) in [5.41, 5.74) is 1.39. The molecule has 0 aliphatic carbocycles. The summed E-state index contributed by atoms with van der Waals surface area (Å²) in [6.45, 7) is 1.61. The van der Waals surface area contributed by atoms with Gasteiger partial charge in [-0.25, -0.2) is 9.18 Å². The highest BCUT2D eigenvalue weighted by Crippen LogP contribution is 2.36. The number of rotatable bonds is 3. The van der Waals surface area contributed by atoms with E-state index in [0.29, 0.717) is 16.9 Å². The molecule has 1 aliphatic heterocycles. The van der Waals surface area contributed by atoms with Gasteiger partial charge in [0, 0.05) is 16.9 Å². The van der Waals surface area contributed by atoms with Gasteiger partial charge in [-0.3, -0.25) is 9.69 Å². The first-order valence-electron chi connectivity index (χ1n) is 7.83. The minimum atomic E-state index is -0.665. The lowest BCUT2D eigenvalue weighted by Gasteiger charge is -2.17. The Morgan fingerprint density at radius 1 is 1.15 bits per heavy atom. The van der Waals surface area contributed by atoms with Gasteiger partial charge in [-0.05, 0) is 43.3 Å². The summed E-state index contributed by atoms with van der Waals surface area (Å²) in [5.74, 6) is -1.57. The predicted octanol–water partition coefficient (Wildman–Crippen LogP) is 3.41. The summed E-state index contributed by atoms with van der Waals surface area (Å²) >= 11 is 0. The van der Waals surface area contributed by atoms with Crippen LogP contribution in [0.5, 0.6) is 5.75 Å². The highest BCUT2D eigenvalue weighted by molar-refractivity contribution is 6.23. The monoisotopic (exact) mass is 353 g/mol. The summed E-state index contributed by atoms with van der Waals surface area (Å²) in [7, 11) is 1.23. The quantitative estimate of drug-likeness (QED) is 0.678. The molecule has 0 aromatic heterocycles. The number of para-hydroxylation sites is 1. The fourth-order valence-electron chi connectivity index (χ4n) is 2.85. The molecule has 0 fully saturated rings. The standard InChI is InChI=1S/C20H16FNO4/c1-12-18(20(25)26-2)16(11-13-5-3-4-6-17(13)23)19(24)22(12)15-9-7-14(21)8-10-15/h3-11,23H,1-2H3. The molecule has 1 N–H and O–H groups in total. The molecule has 1 amide bonds. The number of hydrogen-bond donors (Lipinski definition) is 1. The van der Waals surface area contributed by atoms with E-state index >= 15 is 0 Å². The van der Waals surface area contributed by atoms with Gasteiger partial charge in [0.25, 0.3) is 5.91 Å². The number of amides is 1. The minimum absolute atomic E-state index is 0.0186. The molecule has 0 radical (unpaired) electrons. The maximum atomic E-state index is 13.2. The van der Waals surface area contributed by atoms with E-state index in [1.165, 1.54) is 48.4 Å². The van der Waals surface area contributed by atoms with Crippen LogP contribution in [0, 0.1) is 5.82 Å². The molecule has 0 bridgehead atoms. The number of phenols is 1. The zero-order chi connectivity index (χ0) is 18.8. The van der Waals surface area contributed by atoms with Crippen molar-refractivity contribution in [2.75, 3.05) is 12.0 Å². The molecule has 0 atom stereocenters. The summed E-state index contributed by atoms with van der Waals surface area (Å²) in [5, 5.41) is 9.98. The zero-order valence-corrected chi connectivity index (χ0v) is 14.2. The third kappa shape index (κ3) is 2.97. The highest BCUT2D eigenvalue weighted by Gasteiger charge is 2.38. The largest absolute Gasteiger partial charge is 0.507 e. The zero-order valence-electron chi connectivity index (χ0n) is 14.2. The van der Waals surface area contributed by atoms with Gasteiger partial charge in [-0.15, -0.1) is 0 Å². The Balaban J connectivity index is 2.15. The van der Waals surface area contributed by atoms with Crippen LogP contribution in [0.3, 0.4) is 0 Å². The maximum absolute atomic E-state index is 13.2. The summed E-state index contributed by atoms with van der Waals surface area (Å²) < 4.78 is 18.0. The Morgan fingerprint density at radius 3 is 2.42 bits per heavy atom. The van der Waals surface area contributed by atoms with Crippen LogP contribution in [0.25, 0.3) is 6.08 Å². The van der Waals surface area contributed by atoms with Crippen molar-refractivity contribution in [3.05, 3.63) is 76.8 Å². The number of esters is 1. The third-order valence-electron chi connectivity index (χ3n) is 4.11. The van der Waals surface area contributed by atoms with Crippen molar-refractivity contribution in [2.45, 2.75) is 6.92 Å². The van der Waals surface area contributed by atoms with Crippen LogP contribution >= 0.6 is 0 Å². The number of anilines is 1. The van der Waals surface area contributed by atoms with Gasteiger partial charge in [-0.2, -0.15) is 0 Å². The van der Waals surface area contributed by atoms with Crippen LogP contribution in [0.4, 0.5) is 10.1 Å². The lowest BCUT2D eigenvalue weighted by molar-refractivity contribution is -0.136. The number of halogens is 1. The summed E-state index contributed by atoms with van der Waals surface area (Å²) in [4.78, 5) is 26.6. The van der Waals surface area contributed by atoms with Gasteiger partial charge in [0.05, 0.1) is 18.3 Å². The molecule has 0 spiro atoms. The summed E-state index contributed by atoms with van der Waals surface area (Å²) in [6, 6.07) is 11.8. The van der Waals surface area contributed by atoms with Crippen molar-refractivity contribution >= 4 is 23.6 Å². The van der Waals surface area contributed by atoms with E-state index in [4.69, 9.17) is 4.74 Å². The lowest BCUT2D eigenvalue weighted by Crippen LogP contribution is -2.24. The number of phenolic OH excluding ortho intramolecular Hbond substituents is 1. The number of benzene rings is 2. The van der Waals surface area contributed by atoms with E-state index < -0.39 is 17.7 Å². The van der Waals surface area contributed by atoms with Crippen molar-refractivity contribution in [3.63, 3.8) is 0 Å². The number of methoxy groups -OCH3 is 1. The molecule has 1 aliphatic rings. The molecule has 0 unspecified atom stereocenters. The second-order valence-corrected chi connectivity index (χ2v) is 5.69. The van der Waals surface area contributed by atoms with E-state index in [-0.39, 0.29) is 16.9 Å². The van der Waals surface area contributed by atoms with Crippen LogP contribution in [0.1, 0.15) is 12.5 Å². The van der Waals surface area contributed by atoms with Crippen LogP contribution < -0.4 is 4.90 Å². The second kappa shape index (κ2) is 6.84. The number of carbonyl (C=O) groups excluding carboxylic acids is 2. The van der Waals surface area contributed by atoms with Gasteiger partial charge in [-0.1, -0.05) is 18.2 Å². The summed E-state index contributed by atoms with van der Waals surface area (Å²) in [6.07, 6.45) is 1.44. The van der Waals surface area contributed by atoms with Crippen molar-refractivity contribution in [3.8, 4) is 5.75 Å². The first-order valence-corrected chi connectivity index (χ1v) is 7.83. The Morgan fingerprint density at radius 2 is 1.81 bits per heavy atom. The Bertz CT molecular complexity index is 945. The average molecular weight is 353 g/mol. The van der Waals surface area contributed by atoms with E-state index in [9.17, 15) is 19.1 Å². The maximum Gasteiger partial charge on any atom is 0.340 e. The SMILES string of the molecule is COC(=O)C1=C(C)N(c2ccc(F)cc2)C(=O)C1=Cc1ccccc1O. The highest BCUT2D eigenvalue weighted by atomic mass is 19.1. The molecule has 6 heteroatoms. The van der Waals surface area contributed by atoms with Crippen molar-refractivity contribution in [1.82, 2.24) is 0 Å². The van der Waals surface area contributed by atoms with Gasteiger partial charge in [0.2, 0.25) is 0 Å². The second-order valence-electron chi connectivity index (χ2n) is 5.69. The molecular weight excluding hydrogens is 337 g/mol. The van der Waals surface area contributed by atoms with E-state index in [0.717, 1.165) is 0 Å². The molecule has 26 heavy (non-hydrogen) atoms. The topological polar surface area (TPSA) is 66.8 Å². The molecule has 132 valence electrons.